The molecule has 2 nitrogen and oxygen atoms in total. The van der Waals surface area contributed by atoms with E-state index in [4.69, 9.17) is 5.11 Å². The molecule has 0 unspecified atom stereocenters. The Kier molecular flexibility index (Phi) is 4.93. The molecule has 0 radical (unpaired) electrons. The van der Waals surface area contributed by atoms with Crippen LogP contribution in [0.2, 0.25) is 0 Å². The highest BCUT2D eigenvalue weighted by molar-refractivity contribution is 5.43. The van der Waals surface area contributed by atoms with Gasteiger partial charge in [0.2, 0.25) is 0 Å². The van der Waals surface area contributed by atoms with Crippen molar-refractivity contribution in [3.05, 3.63) is 60.2 Å². The average molecular weight is 215 g/mol. The molecule has 0 fully saturated rings. The van der Waals surface area contributed by atoms with Gasteiger partial charge in [-0.2, -0.15) is 0 Å². The Morgan fingerprint density at radius 3 is 1.81 bits per heavy atom. The zero-order valence-corrected chi connectivity index (χ0v) is 9.64. The van der Waals surface area contributed by atoms with Crippen LogP contribution in [-0.4, -0.2) is 12.2 Å². The molecule has 0 amide bonds. The molecule has 2 aromatic carbocycles. The van der Waals surface area contributed by atoms with Crippen molar-refractivity contribution < 1.29 is 5.11 Å². The van der Waals surface area contributed by atoms with E-state index >= 15 is 0 Å². The summed E-state index contributed by atoms with van der Waals surface area (Å²) in [4.78, 5) is 0. The number of anilines is 1. The quantitative estimate of drug-likeness (QED) is 0.763. The van der Waals surface area contributed by atoms with E-state index in [1.165, 1.54) is 11.3 Å². The van der Waals surface area contributed by atoms with Gasteiger partial charge in [-0.3, -0.25) is 0 Å². The van der Waals surface area contributed by atoms with Crippen LogP contribution in [0.5, 0.6) is 5.75 Å². The summed E-state index contributed by atoms with van der Waals surface area (Å²) in [6.07, 6.45) is 0. The number of aromatic hydroxyl groups is 1. The van der Waals surface area contributed by atoms with Gasteiger partial charge in [0.25, 0.3) is 0 Å². The van der Waals surface area contributed by atoms with Gasteiger partial charge in [-0.25, -0.2) is 0 Å². The van der Waals surface area contributed by atoms with Crippen LogP contribution in [-0.2, 0) is 0 Å². The van der Waals surface area contributed by atoms with Crippen LogP contribution in [0.1, 0.15) is 5.56 Å². The van der Waals surface area contributed by atoms with Gasteiger partial charge in [0.15, 0.2) is 0 Å². The SMILES string of the molecule is CNc1ccc(C)cc1.Oc1ccccc1. The van der Waals surface area contributed by atoms with Crippen molar-refractivity contribution in [2.45, 2.75) is 6.92 Å². The van der Waals surface area contributed by atoms with Crippen molar-refractivity contribution in [1.82, 2.24) is 0 Å². The molecule has 2 heteroatoms. The number of hydrogen-bond acceptors (Lipinski definition) is 2. The van der Waals surface area contributed by atoms with Crippen molar-refractivity contribution >= 4 is 5.69 Å². The smallest absolute Gasteiger partial charge is 0.115 e. The Balaban J connectivity index is 0.000000165. The number of hydrogen-bond donors (Lipinski definition) is 2. The first-order valence-corrected chi connectivity index (χ1v) is 5.21. The minimum Gasteiger partial charge on any atom is -0.508 e. The molecular formula is C14H17NO. The van der Waals surface area contributed by atoms with Crippen LogP contribution in [0.15, 0.2) is 54.6 Å². The van der Waals surface area contributed by atoms with Gasteiger partial charge in [-0.05, 0) is 31.2 Å². The second kappa shape index (κ2) is 6.51. The largest absolute Gasteiger partial charge is 0.508 e. The summed E-state index contributed by atoms with van der Waals surface area (Å²) in [5.41, 5.74) is 2.47. The molecule has 16 heavy (non-hydrogen) atoms. The summed E-state index contributed by atoms with van der Waals surface area (Å²) < 4.78 is 0. The number of rotatable bonds is 1. The maximum absolute atomic E-state index is 8.63. The molecule has 0 aromatic heterocycles. The Hall–Kier alpha value is -1.96. The van der Waals surface area contributed by atoms with Gasteiger partial charge in [0.1, 0.15) is 5.75 Å². The Bertz CT molecular complexity index is 395. The maximum Gasteiger partial charge on any atom is 0.115 e. The number of para-hydroxylation sites is 1. The van der Waals surface area contributed by atoms with Gasteiger partial charge in [0.05, 0.1) is 0 Å². The molecule has 84 valence electrons. The molecule has 0 aliphatic rings. The third kappa shape index (κ3) is 4.51. The van der Waals surface area contributed by atoms with E-state index in [1.54, 1.807) is 24.3 Å². The summed E-state index contributed by atoms with van der Waals surface area (Å²) >= 11 is 0. The molecule has 2 aromatic rings. The highest BCUT2D eigenvalue weighted by Gasteiger charge is 1.83. The summed E-state index contributed by atoms with van der Waals surface area (Å²) in [6.45, 7) is 2.08. The van der Waals surface area contributed by atoms with Crippen molar-refractivity contribution in [2.75, 3.05) is 12.4 Å². The monoisotopic (exact) mass is 215 g/mol. The molecule has 2 rings (SSSR count). The van der Waals surface area contributed by atoms with E-state index in [-0.39, 0.29) is 0 Å². The Morgan fingerprint density at radius 2 is 1.44 bits per heavy atom. The summed E-state index contributed by atoms with van der Waals surface area (Å²) in [7, 11) is 1.92. The fourth-order valence-electron chi connectivity index (χ4n) is 1.15. The van der Waals surface area contributed by atoms with Gasteiger partial charge < -0.3 is 10.4 Å². The number of benzene rings is 2. The van der Waals surface area contributed by atoms with Gasteiger partial charge in [-0.15, -0.1) is 0 Å². The van der Waals surface area contributed by atoms with E-state index in [2.05, 4.69) is 36.5 Å². The summed E-state index contributed by atoms with van der Waals surface area (Å²) in [5.74, 6) is 0.322. The minimum atomic E-state index is 0.322. The molecule has 0 atom stereocenters. The summed E-state index contributed by atoms with van der Waals surface area (Å²) in [6, 6.07) is 17.0. The van der Waals surface area contributed by atoms with Gasteiger partial charge in [-0.1, -0.05) is 35.9 Å². The average Bonchev–Trinajstić information content (AvgIpc) is 2.32. The zero-order valence-electron chi connectivity index (χ0n) is 9.64. The van der Waals surface area contributed by atoms with Crippen LogP contribution in [0.25, 0.3) is 0 Å². The molecule has 0 spiro atoms. The van der Waals surface area contributed by atoms with Crippen LogP contribution in [0.3, 0.4) is 0 Å². The minimum absolute atomic E-state index is 0.322. The zero-order chi connectivity index (χ0) is 11.8. The van der Waals surface area contributed by atoms with Crippen LogP contribution < -0.4 is 5.32 Å². The van der Waals surface area contributed by atoms with E-state index in [0.717, 1.165) is 0 Å². The molecule has 0 aliphatic carbocycles. The first-order valence-electron chi connectivity index (χ1n) is 5.21. The first-order chi connectivity index (χ1) is 7.72. The lowest BCUT2D eigenvalue weighted by Gasteiger charge is -1.97. The third-order valence-corrected chi connectivity index (χ3v) is 2.10. The molecule has 0 bridgehead atoms. The lowest BCUT2D eigenvalue weighted by molar-refractivity contribution is 0.475. The van der Waals surface area contributed by atoms with Crippen molar-refractivity contribution in [1.29, 1.82) is 0 Å². The van der Waals surface area contributed by atoms with E-state index in [1.807, 2.05) is 13.1 Å². The normalized spacial score (nSPS) is 8.88. The van der Waals surface area contributed by atoms with Crippen LogP contribution >= 0.6 is 0 Å². The number of phenolic OH excluding ortho intramolecular Hbond substituents is 1. The summed E-state index contributed by atoms with van der Waals surface area (Å²) in [5, 5.41) is 11.7. The molecule has 0 saturated heterocycles. The molecular weight excluding hydrogens is 198 g/mol. The molecule has 0 saturated carbocycles. The number of aryl methyl sites for hydroxylation is 1. The highest BCUT2D eigenvalue weighted by atomic mass is 16.3. The van der Waals surface area contributed by atoms with Crippen LogP contribution in [0.4, 0.5) is 5.69 Å². The second-order valence-corrected chi connectivity index (χ2v) is 3.45. The number of phenols is 1. The van der Waals surface area contributed by atoms with Crippen molar-refractivity contribution in [3.63, 3.8) is 0 Å². The predicted molar refractivity (Wildman–Crippen MR) is 68.8 cm³/mol. The predicted octanol–water partition coefficient (Wildman–Crippen LogP) is 3.43. The fraction of sp³-hybridized carbons (Fsp3) is 0.143. The van der Waals surface area contributed by atoms with Gasteiger partial charge in [0, 0.05) is 12.7 Å². The van der Waals surface area contributed by atoms with E-state index in [0.29, 0.717) is 5.75 Å². The maximum atomic E-state index is 8.63. The fourth-order valence-corrected chi connectivity index (χ4v) is 1.15. The van der Waals surface area contributed by atoms with E-state index in [9.17, 15) is 0 Å². The lowest BCUT2D eigenvalue weighted by atomic mass is 10.2. The molecule has 0 aliphatic heterocycles. The van der Waals surface area contributed by atoms with Crippen LogP contribution in [0, 0.1) is 6.92 Å². The second-order valence-electron chi connectivity index (χ2n) is 3.45. The topological polar surface area (TPSA) is 32.3 Å². The standard InChI is InChI=1S/C8H11N.C6H6O/c1-7-3-5-8(9-2)6-4-7;7-6-4-2-1-3-5-6/h3-6,9H,1-2H3;1-5,7H. The van der Waals surface area contributed by atoms with Gasteiger partial charge >= 0.3 is 0 Å². The third-order valence-electron chi connectivity index (χ3n) is 2.10. The first kappa shape index (κ1) is 12.1. The Labute approximate surface area is 96.6 Å². The highest BCUT2D eigenvalue weighted by Crippen LogP contribution is 2.06. The molecule has 2 N–H and O–H groups in total. The molecule has 0 heterocycles. The lowest BCUT2D eigenvalue weighted by Crippen LogP contribution is -1.85. The van der Waals surface area contributed by atoms with E-state index < -0.39 is 0 Å². The van der Waals surface area contributed by atoms with Crippen molar-refractivity contribution in [3.8, 4) is 5.75 Å². The number of nitrogens with one attached hydrogen (secondary N) is 1. The Morgan fingerprint density at radius 1 is 0.875 bits per heavy atom. The van der Waals surface area contributed by atoms with Crippen molar-refractivity contribution in [2.24, 2.45) is 0 Å².